The molecule has 0 spiro atoms. The van der Waals surface area contributed by atoms with Gasteiger partial charge in [-0.1, -0.05) is 0 Å². The van der Waals surface area contributed by atoms with Crippen molar-refractivity contribution in [2.45, 2.75) is 32.4 Å². The Balaban J connectivity index is 1.55. The molecule has 5 rings (SSSR count). The monoisotopic (exact) mass is 459 g/mol. The highest BCUT2D eigenvalue weighted by Crippen LogP contribution is 2.31. The van der Waals surface area contributed by atoms with Crippen LogP contribution in [-0.2, 0) is 11.3 Å². The molecule has 1 amide bonds. The molecule has 1 fully saturated rings. The summed E-state index contributed by atoms with van der Waals surface area (Å²) in [6, 6.07) is 9.76. The molecule has 1 atom stereocenters. The maximum absolute atomic E-state index is 13.6. The van der Waals surface area contributed by atoms with E-state index < -0.39 is 0 Å². The number of hydrogen-bond donors (Lipinski definition) is 2. The third kappa shape index (κ3) is 4.10. The largest absolute Gasteiger partial charge is 0.382 e. The lowest BCUT2D eigenvalue weighted by Crippen LogP contribution is -2.41. The van der Waals surface area contributed by atoms with Gasteiger partial charge >= 0.3 is 0 Å². The predicted molar refractivity (Wildman–Crippen MR) is 128 cm³/mol. The molecule has 0 radical (unpaired) electrons. The maximum Gasteiger partial charge on any atom is 0.237 e. The van der Waals surface area contributed by atoms with Crippen LogP contribution in [-0.4, -0.2) is 49.8 Å². The molecule has 3 N–H and O–H groups in total. The van der Waals surface area contributed by atoms with Crippen molar-refractivity contribution in [1.82, 2.24) is 29.6 Å². The Morgan fingerprint density at radius 3 is 2.62 bits per heavy atom. The molecule has 1 aromatic carbocycles. The second kappa shape index (κ2) is 8.83. The number of carbonyl (C=O) groups excluding carboxylic acids is 1. The van der Waals surface area contributed by atoms with Crippen molar-refractivity contribution in [1.29, 1.82) is 0 Å². The molecule has 34 heavy (non-hydrogen) atoms. The van der Waals surface area contributed by atoms with Crippen molar-refractivity contribution in [2.24, 2.45) is 0 Å². The fourth-order valence-electron chi connectivity index (χ4n) is 4.40. The number of aromatic nitrogens is 4. The Labute approximate surface area is 196 Å². The fraction of sp³-hybridized carbons (Fsp3) is 0.280. The molecule has 4 aromatic rings. The second-order valence-corrected chi connectivity index (χ2v) is 8.66. The van der Waals surface area contributed by atoms with E-state index in [9.17, 15) is 9.18 Å². The molecule has 174 valence electrons. The number of pyridine rings is 1. The van der Waals surface area contributed by atoms with Crippen LogP contribution >= 0.6 is 0 Å². The number of nitrogens with zero attached hydrogens (tertiary/aromatic N) is 5. The number of hydrogen-bond acceptors (Lipinski definition) is 6. The lowest BCUT2D eigenvalue weighted by atomic mass is 10.0. The number of anilines is 1. The second-order valence-electron chi connectivity index (χ2n) is 8.66. The van der Waals surface area contributed by atoms with Gasteiger partial charge < -0.3 is 15.5 Å². The first kappa shape index (κ1) is 22.0. The zero-order valence-electron chi connectivity index (χ0n) is 19.1. The Morgan fingerprint density at radius 2 is 1.88 bits per heavy atom. The molecule has 1 aliphatic rings. The van der Waals surface area contributed by atoms with E-state index in [1.165, 1.54) is 12.1 Å². The minimum Gasteiger partial charge on any atom is -0.382 e. The normalized spacial score (nSPS) is 16.3. The van der Waals surface area contributed by atoms with Crippen LogP contribution in [0.1, 0.15) is 24.2 Å². The molecule has 3 aromatic heterocycles. The lowest BCUT2D eigenvalue weighted by Gasteiger charge is -2.19. The van der Waals surface area contributed by atoms with Gasteiger partial charge in [0.05, 0.1) is 24.0 Å². The number of imidazole rings is 1. The van der Waals surface area contributed by atoms with Gasteiger partial charge in [-0.2, -0.15) is 0 Å². The van der Waals surface area contributed by atoms with E-state index in [1.807, 2.05) is 36.7 Å². The summed E-state index contributed by atoms with van der Waals surface area (Å²) in [5.41, 5.74) is 11.2. The summed E-state index contributed by atoms with van der Waals surface area (Å²) in [6.45, 7) is 3.05. The van der Waals surface area contributed by atoms with Gasteiger partial charge in [0, 0.05) is 29.2 Å². The van der Waals surface area contributed by atoms with Gasteiger partial charge in [0.1, 0.15) is 23.0 Å². The van der Waals surface area contributed by atoms with Gasteiger partial charge in [-0.15, -0.1) is 0 Å². The Morgan fingerprint density at radius 1 is 1.15 bits per heavy atom. The average molecular weight is 460 g/mol. The van der Waals surface area contributed by atoms with E-state index in [2.05, 4.69) is 20.2 Å². The number of likely N-dealkylation sites (tertiary alicyclic amines) is 1. The lowest BCUT2D eigenvalue weighted by molar-refractivity contribution is -0.125. The first-order valence-corrected chi connectivity index (χ1v) is 11.2. The van der Waals surface area contributed by atoms with E-state index in [-0.39, 0.29) is 30.1 Å². The summed E-state index contributed by atoms with van der Waals surface area (Å²) < 4.78 is 15.5. The van der Waals surface area contributed by atoms with Gasteiger partial charge in [0.25, 0.3) is 0 Å². The van der Waals surface area contributed by atoms with E-state index >= 15 is 0 Å². The van der Waals surface area contributed by atoms with E-state index in [0.717, 1.165) is 36.3 Å². The number of benzene rings is 1. The molecule has 0 unspecified atom stereocenters. The van der Waals surface area contributed by atoms with Gasteiger partial charge in [-0.25, -0.2) is 19.3 Å². The molecule has 9 heteroatoms. The number of nitrogens with two attached hydrogens (primary N) is 1. The SMILES string of the molecule is Cc1cnc2ccc(-c3nc(CNC(=O)[C@@H]4CCCN4C)c(N)nc3-c3ccc(F)cc3)cn12. The van der Waals surface area contributed by atoms with E-state index in [1.54, 1.807) is 18.3 Å². The third-order valence-electron chi connectivity index (χ3n) is 6.33. The summed E-state index contributed by atoms with van der Waals surface area (Å²) >= 11 is 0. The van der Waals surface area contributed by atoms with Gasteiger partial charge in [0.2, 0.25) is 5.91 Å². The number of fused-ring (bicyclic) bond motifs is 1. The summed E-state index contributed by atoms with van der Waals surface area (Å²) in [6.07, 6.45) is 5.59. The van der Waals surface area contributed by atoms with Gasteiger partial charge in [-0.3, -0.25) is 9.69 Å². The number of rotatable bonds is 5. The van der Waals surface area contributed by atoms with Crippen LogP contribution < -0.4 is 11.1 Å². The molecular weight excluding hydrogens is 433 g/mol. The Kier molecular flexibility index (Phi) is 5.70. The van der Waals surface area contributed by atoms with Crippen molar-refractivity contribution < 1.29 is 9.18 Å². The summed E-state index contributed by atoms with van der Waals surface area (Å²) in [7, 11) is 1.95. The Hall–Kier alpha value is -3.85. The number of likely N-dealkylation sites (N-methyl/N-ethyl adjacent to an activating group) is 1. The van der Waals surface area contributed by atoms with Gasteiger partial charge in [-0.05, 0) is 69.8 Å². The van der Waals surface area contributed by atoms with Crippen molar-refractivity contribution in [2.75, 3.05) is 19.3 Å². The topological polar surface area (TPSA) is 101 Å². The number of carbonyl (C=O) groups is 1. The van der Waals surface area contributed by atoms with Gasteiger partial charge in [0.15, 0.2) is 0 Å². The quantitative estimate of drug-likeness (QED) is 0.475. The van der Waals surface area contributed by atoms with Crippen LogP contribution in [0.3, 0.4) is 0 Å². The van der Waals surface area contributed by atoms with Crippen LogP contribution in [0, 0.1) is 12.7 Å². The minimum absolute atomic E-state index is 0.0409. The van der Waals surface area contributed by atoms with Crippen LogP contribution in [0.25, 0.3) is 28.2 Å². The predicted octanol–water partition coefficient (Wildman–Crippen LogP) is 3.20. The van der Waals surface area contributed by atoms with Crippen LogP contribution in [0.4, 0.5) is 10.2 Å². The highest BCUT2D eigenvalue weighted by molar-refractivity contribution is 5.82. The molecule has 0 saturated carbocycles. The molecule has 0 bridgehead atoms. The van der Waals surface area contributed by atoms with Crippen LogP contribution in [0.5, 0.6) is 0 Å². The first-order chi connectivity index (χ1) is 16.4. The fourth-order valence-corrected chi connectivity index (χ4v) is 4.40. The zero-order valence-corrected chi connectivity index (χ0v) is 19.1. The van der Waals surface area contributed by atoms with E-state index in [4.69, 9.17) is 10.7 Å². The standard InChI is InChI=1S/C25H26FN7O/c1-15-12-28-21-10-7-17(14-33(15)21)23-22(16-5-8-18(26)9-6-16)31-24(27)19(30-23)13-29-25(34)20-4-3-11-32(20)2/h5-10,12,14,20H,3-4,11,13H2,1-2H3,(H2,27,31)(H,29,34)/t20-/m0/s1. The molecule has 1 aliphatic heterocycles. The first-order valence-electron chi connectivity index (χ1n) is 11.2. The highest BCUT2D eigenvalue weighted by atomic mass is 19.1. The minimum atomic E-state index is -0.335. The number of aryl methyl sites for hydroxylation is 1. The molecule has 0 aliphatic carbocycles. The van der Waals surface area contributed by atoms with Crippen molar-refractivity contribution in [3.8, 4) is 22.5 Å². The number of nitrogens with one attached hydrogen (secondary N) is 1. The zero-order chi connectivity index (χ0) is 23.8. The van der Waals surface area contributed by atoms with Crippen molar-refractivity contribution in [3.05, 3.63) is 66.0 Å². The molecule has 1 saturated heterocycles. The number of amides is 1. The molecular formula is C25H26FN7O. The summed E-state index contributed by atoms with van der Waals surface area (Å²) in [5.74, 6) is -0.151. The van der Waals surface area contributed by atoms with E-state index in [0.29, 0.717) is 22.6 Å². The smallest absolute Gasteiger partial charge is 0.237 e. The van der Waals surface area contributed by atoms with Crippen LogP contribution in [0.15, 0.2) is 48.8 Å². The maximum atomic E-state index is 13.6. The summed E-state index contributed by atoms with van der Waals surface area (Å²) in [5, 5.41) is 2.96. The molecule has 4 heterocycles. The number of halogens is 1. The van der Waals surface area contributed by atoms with Crippen molar-refractivity contribution >= 4 is 17.4 Å². The highest BCUT2D eigenvalue weighted by Gasteiger charge is 2.27. The van der Waals surface area contributed by atoms with Crippen molar-refractivity contribution in [3.63, 3.8) is 0 Å². The van der Waals surface area contributed by atoms with Crippen LogP contribution in [0.2, 0.25) is 0 Å². The third-order valence-corrected chi connectivity index (χ3v) is 6.33. The number of nitrogen functional groups attached to an aromatic ring is 1. The summed E-state index contributed by atoms with van der Waals surface area (Å²) in [4.78, 5) is 28.6. The average Bonchev–Trinajstić information content (AvgIpc) is 3.43. The Bertz CT molecular complexity index is 1370. The molecule has 8 nitrogen and oxygen atoms in total.